The summed E-state index contributed by atoms with van der Waals surface area (Å²) in [7, 11) is 0. The first-order chi connectivity index (χ1) is 18.8. The number of pyridine rings is 1. The number of benzene rings is 3. The van der Waals surface area contributed by atoms with E-state index in [9.17, 15) is 14.4 Å². The first kappa shape index (κ1) is 26.6. The second kappa shape index (κ2) is 11.4. The van der Waals surface area contributed by atoms with Crippen LogP contribution in [0.4, 0.5) is 0 Å². The monoisotopic (exact) mass is 558 g/mol. The molecule has 1 aromatic heterocycles. The van der Waals surface area contributed by atoms with Crippen molar-refractivity contribution < 1.29 is 19.1 Å². The molecule has 2 heterocycles. The van der Waals surface area contributed by atoms with Gasteiger partial charge in [-0.3, -0.25) is 19.4 Å². The molecule has 1 amide bonds. The molecule has 0 aliphatic carbocycles. The summed E-state index contributed by atoms with van der Waals surface area (Å²) in [6.45, 7) is 2.33. The summed E-state index contributed by atoms with van der Waals surface area (Å²) in [4.78, 5) is 46.0. The Balaban J connectivity index is 1.47. The molecule has 0 radical (unpaired) electrons. The molecule has 0 N–H and O–H groups in total. The Morgan fingerprint density at radius 2 is 1.69 bits per heavy atom. The molecule has 0 spiro atoms. The van der Waals surface area contributed by atoms with Gasteiger partial charge in [0.05, 0.1) is 16.1 Å². The Morgan fingerprint density at radius 3 is 2.38 bits per heavy atom. The van der Waals surface area contributed by atoms with Crippen LogP contribution in [-0.4, -0.2) is 27.4 Å². The van der Waals surface area contributed by atoms with Gasteiger partial charge in [0, 0.05) is 24.5 Å². The largest absolute Gasteiger partial charge is 0.489 e. The number of likely N-dealkylation sites (tertiary alicyclic amines) is 1. The van der Waals surface area contributed by atoms with Gasteiger partial charge in [-0.2, -0.15) is 0 Å². The zero-order chi connectivity index (χ0) is 27.5. The Labute approximate surface area is 236 Å². The van der Waals surface area contributed by atoms with Gasteiger partial charge in [0.25, 0.3) is 5.91 Å². The number of aromatic nitrogens is 1. The second-order valence-electron chi connectivity index (χ2n) is 9.37. The molecule has 0 saturated carbocycles. The number of amides is 1. The van der Waals surface area contributed by atoms with Crippen LogP contribution in [-0.2, 0) is 22.7 Å². The van der Waals surface area contributed by atoms with Crippen LogP contribution in [0.3, 0.4) is 0 Å². The molecule has 1 aliphatic heterocycles. The Kier molecular flexibility index (Phi) is 7.77. The molecule has 3 aromatic carbocycles. The van der Waals surface area contributed by atoms with E-state index in [-0.39, 0.29) is 11.6 Å². The first-order valence-electron chi connectivity index (χ1n) is 12.3. The predicted molar refractivity (Wildman–Crippen MR) is 149 cm³/mol. The third kappa shape index (κ3) is 5.58. The molecule has 5 rings (SSSR count). The minimum Gasteiger partial charge on any atom is -0.489 e. The highest BCUT2D eigenvalue weighted by Gasteiger charge is 2.51. The van der Waals surface area contributed by atoms with E-state index in [0.717, 1.165) is 16.7 Å². The number of aryl methyl sites for hydroxylation is 1. The molecule has 8 heteroatoms. The van der Waals surface area contributed by atoms with Crippen LogP contribution < -0.4 is 4.74 Å². The Morgan fingerprint density at radius 1 is 0.923 bits per heavy atom. The van der Waals surface area contributed by atoms with Crippen molar-refractivity contribution in [1.82, 2.24) is 9.88 Å². The number of hydrogen-bond acceptors (Lipinski definition) is 5. The Hall–Kier alpha value is -4.00. The van der Waals surface area contributed by atoms with E-state index >= 15 is 0 Å². The van der Waals surface area contributed by atoms with E-state index in [1.807, 2.05) is 43.3 Å². The molecule has 2 unspecified atom stereocenters. The minimum absolute atomic E-state index is 0.110. The van der Waals surface area contributed by atoms with Crippen molar-refractivity contribution in [3.8, 4) is 5.75 Å². The summed E-state index contributed by atoms with van der Waals surface area (Å²) < 4.78 is 5.95. The van der Waals surface area contributed by atoms with Gasteiger partial charge in [-0.25, -0.2) is 0 Å². The van der Waals surface area contributed by atoms with Gasteiger partial charge in [-0.05, 0) is 65.6 Å². The number of carbonyl (C=O) groups excluding carboxylic acids is 3. The predicted octanol–water partition coefficient (Wildman–Crippen LogP) is 6.43. The van der Waals surface area contributed by atoms with Crippen molar-refractivity contribution in [3.63, 3.8) is 0 Å². The third-order valence-electron chi connectivity index (χ3n) is 6.75. The van der Waals surface area contributed by atoms with E-state index in [0.29, 0.717) is 28.5 Å². The van der Waals surface area contributed by atoms with Gasteiger partial charge >= 0.3 is 0 Å². The number of ketones is 2. The maximum absolute atomic E-state index is 13.9. The fourth-order valence-electron chi connectivity index (χ4n) is 4.79. The molecule has 6 nitrogen and oxygen atoms in total. The number of hydrogen-bond donors (Lipinski definition) is 0. The standard InChI is InChI=1S/C31H24Cl2N2O4/c1-19-14-23(10-12-26(19)39-18-20-6-3-2-4-7-20)29(36)27-28(22-9-11-24(32)25(33)15-22)35(31(38)30(27)37)17-21-8-5-13-34-16-21/h2-16,27-28H,17-18H2,1H3. The molecule has 4 aromatic rings. The summed E-state index contributed by atoms with van der Waals surface area (Å²) in [5.41, 5.74) is 3.36. The molecular formula is C31H24Cl2N2O4. The molecule has 196 valence electrons. The van der Waals surface area contributed by atoms with Crippen LogP contribution in [0.25, 0.3) is 0 Å². The first-order valence-corrected chi connectivity index (χ1v) is 13.1. The van der Waals surface area contributed by atoms with E-state index in [2.05, 4.69) is 4.98 Å². The Bertz CT molecular complexity index is 1540. The number of carbonyl (C=O) groups is 3. The molecular weight excluding hydrogens is 535 g/mol. The lowest BCUT2D eigenvalue weighted by Crippen LogP contribution is -2.30. The summed E-state index contributed by atoms with van der Waals surface area (Å²) in [5, 5.41) is 0.601. The van der Waals surface area contributed by atoms with Crippen molar-refractivity contribution in [2.75, 3.05) is 0 Å². The average Bonchev–Trinajstić information content (AvgIpc) is 3.19. The van der Waals surface area contributed by atoms with E-state index in [1.54, 1.807) is 54.9 Å². The molecule has 0 bridgehead atoms. The highest BCUT2D eigenvalue weighted by Crippen LogP contribution is 2.41. The third-order valence-corrected chi connectivity index (χ3v) is 7.48. The molecule has 2 atom stereocenters. The molecule has 1 saturated heterocycles. The van der Waals surface area contributed by atoms with Gasteiger partial charge < -0.3 is 9.64 Å². The van der Waals surface area contributed by atoms with Crippen LogP contribution in [0.5, 0.6) is 5.75 Å². The lowest BCUT2D eigenvalue weighted by Gasteiger charge is -2.27. The molecule has 39 heavy (non-hydrogen) atoms. The zero-order valence-electron chi connectivity index (χ0n) is 21.0. The highest BCUT2D eigenvalue weighted by molar-refractivity contribution is 6.44. The van der Waals surface area contributed by atoms with Crippen molar-refractivity contribution in [2.45, 2.75) is 26.1 Å². The van der Waals surface area contributed by atoms with Crippen LogP contribution in [0.2, 0.25) is 10.0 Å². The van der Waals surface area contributed by atoms with Crippen molar-refractivity contribution >= 4 is 40.7 Å². The highest BCUT2D eigenvalue weighted by atomic mass is 35.5. The van der Waals surface area contributed by atoms with Gasteiger partial charge in [-0.15, -0.1) is 0 Å². The van der Waals surface area contributed by atoms with Gasteiger partial charge in [0.1, 0.15) is 18.3 Å². The SMILES string of the molecule is Cc1cc(C(=O)C2C(=O)C(=O)N(Cc3cccnc3)C2c2ccc(Cl)c(Cl)c2)ccc1OCc1ccccc1. The molecule has 1 fully saturated rings. The van der Waals surface area contributed by atoms with Gasteiger partial charge in [0.15, 0.2) is 5.78 Å². The lowest BCUT2D eigenvalue weighted by molar-refractivity contribution is -0.141. The van der Waals surface area contributed by atoms with Crippen LogP contribution in [0.15, 0.2) is 91.3 Å². The smallest absolute Gasteiger partial charge is 0.291 e. The zero-order valence-corrected chi connectivity index (χ0v) is 22.5. The van der Waals surface area contributed by atoms with E-state index in [1.165, 1.54) is 4.90 Å². The number of Topliss-reactive ketones (excluding diaryl/α,β-unsaturated/α-hetero) is 2. The van der Waals surface area contributed by atoms with Gasteiger partial charge in [-0.1, -0.05) is 65.7 Å². The van der Waals surface area contributed by atoms with Crippen molar-refractivity contribution in [3.05, 3.63) is 129 Å². The topological polar surface area (TPSA) is 76.6 Å². The minimum atomic E-state index is -1.25. The summed E-state index contributed by atoms with van der Waals surface area (Å²) in [5.74, 6) is -2.56. The maximum atomic E-state index is 13.9. The summed E-state index contributed by atoms with van der Waals surface area (Å²) in [6, 6.07) is 22.4. The normalized spacial score (nSPS) is 16.9. The average molecular weight is 559 g/mol. The van der Waals surface area contributed by atoms with E-state index < -0.39 is 29.4 Å². The second-order valence-corrected chi connectivity index (χ2v) is 10.2. The van der Waals surface area contributed by atoms with E-state index in [4.69, 9.17) is 27.9 Å². The van der Waals surface area contributed by atoms with Crippen LogP contribution in [0.1, 0.15) is 38.7 Å². The van der Waals surface area contributed by atoms with Crippen molar-refractivity contribution in [1.29, 1.82) is 0 Å². The summed E-state index contributed by atoms with van der Waals surface area (Å²) in [6.07, 6.45) is 3.25. The molecule has 1 aliphatic rings. The van der Waals surface area contributed by atoms with Crippen LogP contribution in [0, 0.1) is 12.8 Å². The maximum Gasteiger partial charge on any atom is 0.291 e. The fraction of sp³-hybridized carbons (Fsp3) is 0.161. The number of ether oxygens (including phenoxy) is 1. The van der Waals surface area contributed by atoms with Gasteiger partial charge in [0.2, 0.25) is 5.78 Å². The number of halogens is 2. The number of nitrogens with zero attached hydrogens (tertiary/aromatic N) is 2. The quantitative estimate of drug-likeness (QED) is 0.141. The van der Waals surface area contributed by atoms with Crippen molar-refractivity contribution in [2.24, 2.45) is 5.92 Å². The fourth-order valence-corrected chi connectivity index (χ4v) is 5.10. The van der Waals surface area contributed by atoms with Crippen LogP contribution >= 0.6 is 23.2 Å². The lowest BCUT2D eigenvalue weighted by atomic mass is 9.86. The summed E-state index contributed by atoms with van der Waals surface area (Å²) >= 11 is 12.4. The number of rotatable bonds is 8.